The minimum atomic E-state index is -5.90. The monoisotopic (exact) mass is 953 g/mol. The molecule has 0 fully saturated rings. The van der Waals surface area contributed by atoms with E-state index in [1.165, 1.54) is 91.6 Å². The summed E-state index contributed by atoms with van der Waals surface area (Å²) < 4.78 is 1.01. The second-order valence-electron chi connectivity index (χ2n) is 18.6. The molecule has 0 nitrogen and oxygen atoms in total. The molecule has 0 radical (unpaired) electrons. The molecule has 9 rings (SSSR count). The van der Waals surface area contributed by atoms with Crippen molar-refractivity contribution in [2.24, 2.45) is 10.8 Å². The fourth-order valence-electron chi connectivity index (χ4n) is 10.5. The van der Waals surface area contributed by atoms with Crippen LogP contribution in [0.4, 0.5) is 0 Å². The van der Waals surface area contributed by atoms with Crippen LogP contribution in [0.2, 0.25) is 0 Å². The number of benzene rings is 6. The van der Waals surface area contributed by atoms with Crippen LogP contribution in [-0.4, -0.2) is 9.52 Å². The second-order valence-corrected chi connectivity index (χ2v) is 49.7. The van der Waals surface area contributed by atoms with Crippen LogP contribution in [-0.2, 0) is 16.1 Å². The van der Waals surface area contributed by atoms with E-state index in [9.17, 15) is 17.2 Å². The standard InChI is InChI=1S/2C20H21.C12H9Si.2ClH.Hf/c2*1-14-8-5-6-10-17(14)18-11-7-9-15-12-16(13-19(15)18)20(2,3)4;1-3-7-11-9(5-1)10-6-2-4-8-12(10)13-11;;;/h2*5-13H,1-4H3;1-7H,13H2;2*1H;/q;;;;;+2/p-2. The predicted molar refractivity (Wildman–Crippen MR) is 245 cm³/mol. The van der Waals surface area contributed by atoms with Gasteiger partial charge in [0.15, 0.2) is 0 Å². The van der Waals surface area contributed by atoms with Crippen molar-refractivity contribution in [3.05, 3.63) is 172 Å². The maximum atomic E-state index is 9.40. The third kappa shape index (κ3) is 5.68. The summed E-state index contributed by atoms with van der Waals surface area (Å²) in [6, 6.07) is 47.5. The van der Waals surface area contributed by atoms with E-state index in [1.54, 1.807) is 0 Å². The van der Waals surface area contributed by atoms with Gasteiger partial charge in [0.05, 0.1) is 0 Å². The molecule has 0 N–H and O–H groups in total. The third-order valence-corrected chi connectivity index (χ3v) is 44.5. The van der Waals surface area contributed by atoms with E-state index in [0.717, 1.165) is 0 Å². The number of hydrogen-bond donors (Lipinski definition) is 0. The zero-order valence-corrected chi connectivity index (χ0v) is 40.4. The Balaban J connectivity index is 1.42. The molecule has 0 aromatic heterocycles. The van der Waals surface area contributed by atoms with Crippen LogP contribution < -0.4 is 13.7 Å². The van der Waals surface area contributed by atoms with Gasteiger partial charge in [-0.05, 0) is 0 Å². The van der Waals surface area contributed by atoms with Crippen LogP contribution in [0.15, 0.2) is 139 Å². The van der Waals surface area contributed by atoms with Crippen molar-refractivity contribution in [1.29, 1.82) is 0 Å². The normalized spacial score (nSPS) is 18.4. The molecule has 0 saturated heterocycles. The Labute approximate surface area is 344 Å². The van der Waals surface area contributed by atoms with Crippen molar-refractivity contribution in [3.8, 4) is 33.4 Å². The summed E-state index contributed by atoms with van der Waals surface area (Å²) in [5.74, 6) is 0. The molecule has 2 atom stereocenters. The number of halogens is 2. The van der Waals surface area contributed by atoms with Crippen LogP contribution in [0.1, 0.15) is 82.3 Å². The van der Waals surface area contributed by atoms with Gasteiger partial charge < -0.3 is 0 Å². The van der Waals surface area contributed by atoms with Crippen molar-refractivity contribution in [1.82, 2.24) is 0 Å². The Morgan fingerprint density at radius 1 is 0.464 bits per heavy atom. The quantitative estimate of drug-likeness (QED) is 0.151. The van der Waals surface area contributed by atoms with E-state index in [1.807, 2.05) is 0 Å². The summed E-state index contributed by atoms with van der Waals surface area (Å²) >= 11 is -5.90. The summed E-state index contributed by atoms with van der Waals surface area (Å²) in [6.07, 6.45) is 5.02. The second kappa shape index (κ2) is 13.2. The molecule has 2 unspecified atom stereocenters. The van der Waals surface area contributed by atoms with Gasteiger partial charge in [0.2, 0.25) is 0 Å². The molecule has 0 spiro atoms. The van der Waals surface area contributed by atoms with Gasteiger partial charge in [-0.25, -0.2) is 0 Å². The predicted octanol–water partition coefficient (Wildman–Crippen LogP) is 12.7. The van der Waals surface area contributed by atoms with Crippen molar-refractivity contribution < 1.29 is 16.1 Å². The molecule has 1 heterocycles. The Morgan fingerprint density at radius 3 is 1.36 bits per heavy atom. The number of aryl methyl sites for hydroxylation is 2. The van der Waals surface area contributed by atoms with E-state index < -0.39 is 25.7 Å². The van der Waals surface area contributed by atoms with Gasteiger partial charge in [-0.2, -0.15) is 0 Å². The molecular formula is C52H51Cl2HfSi. The van der Waals surface area contributed by atoms with Crippen LogP contribution in [0.25, 0.3) is 45.5 Å². The summed E-state index contributed by atoms with van der Waals surface area (Å²) in [5, 5.41) is 2.95. The fourth-order valence-corrected chi connectivity index (χ4v) is 50.2. The zero-order chi connectivity index (χ0) is 39.4. The first-order chi connectivity index (χ1) is 26.6. The van der Waals surface area contributed by atoms with Gasteiger partial charge in [-0.15, -0.1) is 0 Å². The third-order valence-electron chi connectivity index (χ3n) is 13.1. The van der Waals surface area contributed by atoms with Crippen molar-refractivity contribution in [2.75, 3.05) is 0 Å². The fraction of sp³-hybridized carbons (Fsp3) is 0.231. The average molecular weight is 953 g/mol. The number of rotatable bonds is 5. The molecule has 2 aliphatic carbocycles. The molecule has 1 aliphatic heterocycles. The van der Waals surface area contributed by atoms with Crippen LogP contribution in [0.5, 0.6) is 0 Å². The molecular weight excluding hydrogens is 902 g/mol. The van der Waals surface area contributed by atoms with Crippen molar-refractivity contribution in [2.45, 2.75) is 62.7 Å². The Bertz CT molecular complexity index is 2530. The Kier molecular flexibility index (Phi) is 8.99. The van der Waals surface area contributed by atoms with Crippen LogP contribution >= 0.6 is 17.2 Å². The topological polar surface area (TPSA) is 0 Å². The molecule has 0 saturated carbocycles. The zero-order valence-electron chi connectivity index (χ0n) is 33.9. The molecule has 0 bridgehead atoms. The van der Waals surface area contributed by atoms with Gasteiger partial charge >= 0.3 is 348 Å². The molecule has 4 heteroatoms. The summed E-state index contributed by atoms with van der Waals surface area (Å²) in [7, 11) is 17.9. The van der Waals surface area contributed by atoms with Crippen LogP contribution in [0.3, 0.4) is 0 Å². The Hall–Kier alpha value is -3.53. The molecule has 6 aromatic carbocycles. The SMILES string of the molecule is Cc1ccccc1-c1cccc2c1C=C(C(C)(C)C)[CH]2[Hf]([Cl])([Cl])([c]1cccc2c1[SiH2]c1ccccc1-2)[CH]1C(C(C)(C)C)=Cc2c(-c3ccccc3C)cccc21. The summed E-state index contributed by atoms with van der Waals surface area (Å²) in [5.41, 5.74) is 17.8. The molecule has 281 valence electrons. The van der Waals surface area contributed by atoms with E-state index in [0.29, 0.717) is 0 Å². The van der Waals surface area contributed by atoms with Crippen molar-refractivity contribution in [3.63, 3.8) is 0 Å². The average Bonchev–Trinajstić information content (AvgIpc) is 3.88. The Morgan fingerprint density at radius 2 is 0.875 bits per heavy atom. The molecule has 3 aliphatic rings. The first kappa shape index (κ1) is 38.0. The minimum absolute atomic E-state index is 0.137. The number of hydrogen-bond acceptors (Lipinski definition) is 0. The van der Waals surface area contributed by atoms with Gasteiger partial charge in [-0.3, -0.25) is 0 Å². The van der Waals surface area contributed by atoms with Crippen molar-refractivity contribution >= 4 is 52.5 Å². The van der Waals surface area contributed by atoms with Crippen LogP contribution in [0, 0.1) is 24.7 Å². The van der Waals surface area contributed by atoms with Gasteiger partial charge in [0.1, 0.15) is 0 Å². The van der Waals surface area contributed by atoms with E-state index in [2.05, 4.69) is 195 Å². The van der Waals surface area contributed by atoms with E-state index >= 15 is 0 Å². The number of allylic oxidation sites excluding steroid dienone is 2. The maximum absolute atomic E-state index is 9.40. The molecule has 0 amide bonds. The first-order valence-corrected chi connectivity index (χ1v) is 36.4. The molecule has 56 heavy (non-hydrogen) atoms. The van der Waals surface area contributed by atoms with E-state index in [-0.39, 0.29) is 18.2 Å². The molecule has 6 aromatic rings. The summed E-state index contributed by atoms with van der Waals surface area (Å²) in [6.45, 7) is 18.7. The number of fused-ring (bicyclic) bond motifs is 5. The van der Waals surface area contributed by atoms with Gasteiger partial charge in [0, 0.05) is 0 Å². The van der Waals surface area contributed by atoms with E-state index in [4.69, 9.17) is 0 Å². The van der Waals surface area contributed by atoms with Gasteiger partial charge in [0.25, 0.3) is 0 Å². The van der Waals surface area contributed by atoms with Gasteiger partial charge in [-0.1, -0.05) is 0 Å². The first-order valence-electron chi connectivity index (χ1n) is 20.2. The summed E-state index contributed by atoms with van der Waals surface area (Å²) in [4.78, 5) is 0.